The topological polar surface area (TPSA) is 54.3 Å². The van der Waals surface area contributed by atoms with Crippen molar-refractivity contribution in [2.75, 3.05) is 0 Å². The highest BCUT2D eigenvalue weighted by atomic mass is 16.3. The molecule has 2 N–H and O–H groups in total. The quantitative estimate of drug-likeness (QED) is 0.333. The van der Waals surface area contributed by atoms with E-state index in [1.807, 2.05) is 43.3 Å². The van der Waals surface area contributed by atoms with Crippen molar-refractivity contribution in [3.05, 3.63) is 100 Å². The number of phenolic OH excluding ortho intramolecular Hbond substituents is 1. The number of hydrogen-bond donors (Lipinski definition) is 2. The maximum absolute atomic E-state index is 13.2. The number of amides is 1. The minimum absolute atomic E-state index is 0.0316. The van der Waals surface area contributed by atoms with Gasteiger partial charge >= 0.3 is 0 Å². The Kier molecular flexibility index (Phi) is 5.68. The van der Waals surface area contributed by atoms with Crippen molar-refractivity contribution in [1.29, 1.82) is 0 Å². The van der Waals surface area contributed by atoms with Gasteiger partial charge in [0.25, 0.3) is 5.91 Å². The number of hydrogen-bond acceptors (Lipinski definition) is 2. The second-order valence-corrected chi connectivity index (χ2v) is 9.69. The molecule has 2 atom stereocenters. The molecule has 0 saturated heterocycles. The van der Waals surface area contributed by atoms with Gasteiger partial charge in [0.05, 0.1) is 12.1 Å². The number of para-hydroxylation sites is 1. The first-order valence-corrected chi connectivity index (χ1v) is 12.1. The van der Waals surface area contributed by atoms with Crippen LogP contribution in [0.4, 0.5) is 0 Å². The normalized spacial score (nSPS) is 15.3. The lowest BCUT2D eigenvalue weighted by Crippen LogP contribution is -2.26. The first kappa shape index (κ1) is 22.3. The lowest BCUT2D eigenvalue weighted by Gasteiger charge is -2.19. The summed E-state index contributed by atoms with van der Waals surface area (Å²) in [7, 11) is 0. The van der Waals surface area contributed by atoms with Gasteiger partial charge in [0.15, 0.2) is 0 Å². The van der Waals surface area contributed by atoms with Gasteiger partial charge in [-0.1, -0.05) is 42.5 Å². The Morgan fingerprint density at radius 3 is 2.50 bits per heavy atom. The van der Waals surface area contributed by atoms with Crippen molar-refractivity contribution in [2.45, 2.75) is 58.5 Å². The lowest BCUT2D eigenvalue weighted by atomic mass is 10.0. The number of carbonyl (C=O) groups excluding carboxylic acids is 1. The summed E-state index contributed by atoms with van der Waals surface area (Å²) in [5.41, 5.74) is 7.41. The summed E-state index contributed by atoms with van der Waals surface area (Å²) < 4.78 is 2.24. The van der Waals surface area contributed by atoms with E-state index >= 15 is 0 Å². The van der Waals surface area contributed by atoms with Crippen LogP contribution in [0.25, 0.3) is 10.9 Å². The molecule has 5 rings (SSSR count). The molecule has 4 nitrogen and oxygen atoms in total. The SMILES string of the molecule is Cc1c(C)n(C(C)c2ccccc2O)c2ccc(C(=O)N[C@@H](C)c3cccc(C4CC4)c3)cc12. The number of benzene rings is 3. The van der Waals surface area contributed by atoms with Gasteiger partial charge in [0, 0.05) is 27.7 Å². The molecule has 1 aromatic heterocycles. The number of nitrogens with one attached hydrogen (secondary N) is 1. The third-order valence-corrected chi connectivity index (χ3v) is 7.41. The fraction of sp³-hybridized carbons (Fsp3) is 0.300. The molecular weight excluding hydrogens is 420 g/mol. The summed E-state index contributed by atoms with van der Waals surface area (Å²) in [6, 6.07) is 21.9. The maximum atomic E-state index is 13.2. The monoisotopic (exact) mass is 452 g/mol. The van der Waals surface area contributed by atoms with Gasteiger partial charge in [0.2, 0.25) is 0 Å². The minimum atomic E-state index is -0.0650. The highest BCUT2D eigenvalue weighted by Gasteiger charge is 2.24. The number of nitrogens with zero attached hydrogens (tertiary/aromatic N) is 1. The van der Waals surface area contributed by atoms with Crippen molar-refractivity contribution in [3.63, 3.8) is 0 Å². The Morgan fingerprint density at radius 2 is 1.76 bits per heavy atom. The van der Waals surface area contributed by atoms with Crippen LogP contribution in [0.3, 0.4) is 0 Å². The van der Waals surface area contributed by atoms with Crippen LogP contribution in [0.1, 0.15) is 83.0 Å². The largest absolute Gasteiger partial charge is 0.508 e. The number of rotatable bonds is 6. The standard InChI is InChI=1S/C30H32N2O2/c1-18-20(3)32(21(4)26-10-5-6-11-29(26)33)28-15-14-25(17-27(18)28)30(34)31-19(2)23-8-7-9-24(16-23)22-12-13-22/h5-11,14-17,19,21-22,33H,12-13H2,1-4H3,(H,31,34)/t19-,21?/m0/s1. The third-order valence-electron chi connectivity index (χ3n) is 7.41. The third kappa shape index (κ3) is 3.98. The van der Waals surface area contributed by atoms with Crippen LogP contribution in [0.5, 0.6) is 5.75 Å². The average molecular weight is 453 g/mol. The van der Waals surface area contributed by atoms with E-state index in [2.05, 4.69) is 54.9 Å². The van der Waals surface area contributed by atoms with E-state index in [1.54, 1.807) is 6.07 Å². The molecule has 34 heavy (non-hydrogen) atoms. The van der Waals surface area contributed by atoms with E-state index in [1.165, 1.54) is 18.4 Å². The zero-order chi connectivity index (χ0) is 24.0. The molecule has 1 amide bonds. The number of carbonyl (C=O) groups is 1. The molecule has 174 valence electrons. The van der Waals surface area contributed by atoms with Gasteiger partial charge in [0.1, 0.15) is 5.75 Å². The molecular formula is C30H32N2O2. The molecule has 0 bridgehead atoms. The van der Waals surface area contributed by atoms with E-state index < -0.39 is 0 Å². The van der Waals surface area contributed by atoms with Gasteiger partial charge in [-0.05, 0) is 87.4 Å². The zero-order valence-electron chi connectivity index (χ0n) is 20.3. The highest BCUT2D eigenvalue weighted by Crippen LogP contribution is 2.40. The Morgan fingerprint density at radius 1 is 1.00 bits per heavy atom. The summed E-state index contributed by atoms with van der Waals surface area (Å²) in [4.78, 5) is 13.2. The summed E-state index contributed by atoms with van der Waals surface area (Å²) in [5.74, 6) is 0.926. The Hall–Kier alpha value is -3.53. The van der Waals surface area contributed by atoms with Crippen molar-refractivity contribution in [3.8, 4) is 5.75 Å². The van der Waals surface area contributed by atoms with Gasteiger partial charge < -0.3 is 15.0 Å². The van der Waals surface area contributed by atoms with Crippen molar-refractivity contribution >= 4 is 16.8 Å². The molecule has 4 aromatic rings. The second-order valence-electron chi connectivity index (χ2n) is 9.69. The van der Waals surface area contributed by atoms with Gasteiger partial charge in [-0.25, -0.2) is 0 Å². The van der Waals surface area contributed by atoms with Crippen LogP contribution < -0.4 is 5.32 Å². The van der Waals surface area contributed by atoms with Gasteiger partial charge in [-0.2, -0.15) is 0 Å². The maximum Gasteiger partial charge on any atom is 0.251 e. The van der Waals surface area contributed by atoms with Crippen LogP contribution in [0.15, 0.2) is 66.7 Å². The van der Waals surface area contributed by atoms with Crippen LogP contribution in [0.2, 0.25) is 0 Å². The second kappa shape index (κ2) is 8.68. The molecule has 4 heteroatoms. The van der Waals surface area contributed by atoms with Crippen molar-refractivity contribution in [2.24, 2.45) is 0 Å². The Labute approximate surface area is 201 Å². The predicted octanol–water partition coefficient (Wildman–Crippen LogP) is 6.94. The number of aryl methyl sites for hydroxylation is 1. The van der Waals surface area contributed by atoms with Crippen molar-refractivity contribution in [1.82, 2.24) is 9.88 Å². The molecule has 1 aliphatic carbocycles. The summed E-state index contributed by atoms with van der Waals surface area (Å²) >= 11 is 0. The van der Waals surface area contributed by atoms with Crippen LogP contribution in [-0.4, -0.2) is 15.6 Å². The fourth-order valence-corrected chi connectivity index (χ4v) is 5.09. The molecule has 0 aliphatic heterocycles. The van der Waals surface area contributed by atoms with Crippen LogP contribution in [-0.2, 0) is 0 Å². The minimum Gasteiger partial charge on any atom is -0.508 e. The van der Waals surface area contributed by atoms with Gasteiger partial charge in [-0.3, -0.25) is 4.79 Å². The van der Waals surface area contributed by atoms with Crippen molar-refractivity contribution < 1.29 is 9.90 Å². The molecule has 0 radical (unpaired) electrons. The predicted molar refractivity (Wildman–Crippen MR) is 138 cm³/mol. The van der Waals surface area contributed by atoms with E-state index in [9.17, 15) is 9.90 Å². The molecule has 0 spiro atoms. The number of aromatic hydroxyl groups is 1. The van der Waals surface area contributed by atoms with Crippen LogP contribution >= 0.6 is 0 Å². The summed E-state index contributed by atoms with van der Waals surface area (Å²) in [5, 5.41) is 14.6. The van der Waals surface area contributed by atoms with E-state index in [0.717, 1.165) is 33.3 Å². The van der Waals surface area contributed by atoms with E-state index in [0.29, 0.717) is 17.2 Å². The molecule has 1 aliphatic rings. The van der Waals surface area contributed by atoms with Gasteiger partial charge in [-0.15, -0.1) is 0 Å². The van der Waals surface area contributed by atoms with E-state index in [-0.39, 0.29) is 18.0 Å². The van der Waals surface area contributed by atoms with Crippen LogP contribution in [0, 0.1) is 13.8 Å². The fourth-order valence-electron chi connectivity index (χ4n) is 5.09. The molecule has 1 heterocycles. The zero-order valence-corrected chi connectivity index (χ0v) is 20.3. The molecule has 1 fully saturated rings. The summed E-state index contributed by atoms with van der Waals surface area (Å²) in [6.45, 7) is 8.33. The first-order chi connectivity index (χ1) is 16.3. The average Bonchev–Trinajstić information content (AvgIpc) is 3.66. The summed E-state index contributed by atoms with van der Waals surface area (Å²) in [6.07, 6.45) is 2.54. The molecule has 1 saturated carbocycles. The Bertz CT molecular complexity index is 1380. The molecule has 1 unspecified atom stereocenters. The van der Waals surface area contributed by atoms with E-state index in [4.69, 9.17) is 0 Å². The number of fused-ring (bicyclic) bond motifs is 1. The number of aromatic nitrogens is 1. The first-order valence-electron chi connectivity index (χ1n) is 12.1. The lowest BCUT2D eigenvalue weighted by molar-refractivity contribution is 0.0940. The smallest absolute Gasteiger partial charge is 0.251 e. The Balaban J connectivity index is 1.43. The number of phenols is 1. The molecule has 3 aromatic carbocycles. The highest BCUT2D eigenvalue weighted by molar-refractivity contribution is 5.99.